The Balaban J connectivity index is 0.852. The molecule has 1 atom stereocenters. The average molecular weight is 807 g/mol. The summed E-state index contributed by atoms with van der Waals surface area (Å²) in [5.41, 5.74) is 3.42. The van der Waals surface area contributed by atoms with Crippen LogP contribution in [-0.2, 0) is 27.4 Å². The van der Waals surface area contributed by atoms with E-state index in [1.165, 1.54) is 0 Å². The third-order valence-electron chi connectivity index (χ3n) is 13.1. The Bertz CT molecular complexity index is 2210. The largest absolute Gasteiger partial charge is 0.489 e. The molecule has 2 saturated heterocycles. The number of amides is 5. The van der Waals surface area contributed by atoms with Gasteiger partial charge in [0.15, 0.2) is 0 Å². The normalized spacial score (nSPS) is 24.4. The molecule has 4 heterocycles. The zero-order valence-corrected chi connectivity index (χ0v) is 34.1. The molecular weight excluding hydrogens is 760 g/mol. The lowest BCUT2D eigenvalue weighted by Crippen LogP contribution is -2.74. The van der Waals surface area contributed by atoms with Crippen LogP contribution >= 0.6 is 11.6 Å². The van der Waals surface area contributed by atoms with Crippen LogP contribution in [0.25, 0.3) is 4.85 Å². The van der Waals surface area contributed by atoms with Crippen molar-refractivity contribution in [3.63, 3.8) is 0 Å². The second kappa shape index (κ2) is 14.5. The second-order valence-corrected chi connectivity index (χ2v) is 17.9. The van der Waals surface area contributed by atoms with Gasteiger partial charge in [-0.1, -0.05) is 45.4 Å². The van der Waals surface area contributed by atoms with E-state index in [0.717, 1.165) is 47.6 Å². The van der Waals surface area contributed by atoms with E-state index in [0.29, 0.717) is 52.8 Å². The van der Waals surface area contributed by atoms with E-state index in [9.17, 15) is 24.0 Å². The third-order valence-corrected chi connectivity index (χ3v) is 13.4. The minimum Gasteiger partial charge on any atom is -0.489 e. The first-order valence-electron chi connectivity index (χ1n) is 19.7. The highest BCUT2D eigenvalue weighted by atomic mass is 35.5. The Morgan fingerprint density at radius 2 is 1.55 bits per heavy atom. The zero-order chi connectivity index (χ0) is 41.3. The number of imide groups is 2. The molecule has 1 unspecified atom stereocenters. The highest BCUT2D eigenvalue weighted by Crippen LogP contribution is 2.56. The number of nitrogens with one attached hydrogen (secondary N) is 2. The lowest BCUT2D eigenvalue weighted by Gasteiger charge is -2.63. The van der Waals surface area contributed by atoms with Gasteiger partial charge >= 0.3 is 0 Å². The molecule has 2 N–H and O–H groups in total. The van der Waals surface area contributed by atoms with Crippen molar-refractivity contribution in [2.45, 2.75) is 90.3 Å². The first-order valence-corrected chi connectivity index (χ1v) is 20.1. The topological polar surface area (TPSA) is 142 Å². The molecule has 3 aromatic carbocycles. The molecule has 1 aliphatic carbocycles. The number of methoxy groups -OCH3 is 1. The molecule has 58 heavy (non-hydrogen) atoms. The molecule has 302 valence electrons. The standard InChI is InChI=1S/C44H47ClN6O7/c1-42(2)40(43(3,4)41(42)58-29-11-12-33(46-5)32(45)21-29)48-36(53)25-7-9-28(10-8-25)50-17-15-44(57-6,16-18-50)24-49-22-26-19-30-31(20-27(26)23-49)39(56)51(38(30)55)34-13-14-35(52)47-37(34)54/h7-12,19-21,34,40-41H,13-18,22-24H2,1-4,6H3,(H,48,53)(H,47,52,54). The number of piperidine rings is 2. The molecule has 3 aromatic rings. The number of rotatable bonds is 9. The molecule has 4 aliphatic heterocycles. The lowest BCUT2D eigenvalue weighted by atomic mass is 9.49. The number of hydrogen-bond acceptors (Lipinski definition) is 9. The Morgan fingerprint density at radius 3 is 2.10 bits per heavy atom. The minimum atomic E-state index is -0.988. The third kappa shape index (κ3) is 6.70. The first kappa shape index (κ1) is 39.5. The van der Waals surface area contributed by atoms with Crippen molar-refractivity contribution in [3.8, 4) is 5.75 Å². The molecule has 1 saturated carbocycles. The van der Waals surface area contributed by atoms with Gasteiger partial charge in [0.25, 0.3) is 17.7 Å². The molecule has 3 fully saturated rings. The summed E-state index contributed by atoms with van der Waals surface area (Å²) in [7, 11) is 1.75. The van der Waals surface area contributed by atoms with E-state index < -0.39 is 29.7 Å². The van der Waals surface area contributed by atoms with E-state index >= 15 is 0 Å². The summed E-state index contributed by atoms with van der Waals surface area (Å²) in [6, 6.07) is 15.3. The molecule has 0 spiro atoms. The summed E-state index contributed by atoms with van der Waals surface area (Å²) in [6.45, 7) is 19.0. The quantitative estimate of drug-likeness (QED) is 0.200. The van der Waals surface area contributed by atoms with Crippen molar-refractivity contribution >= 4 is 52.5 Å². The summed E-state index contributed by atoms with van der Waals surface area (Å²) < 4.78 is 12.6. The number of benzene rings is 3. The Morgan fingerprint density at radius 1 is 0.931 bits per heavy atom. The predicted molar refractivity (Wildman–Crippen MR) is 216 cm³/mol. The van der Waals surface area contributed by atoms with Crippen molar-refractivity contribution in [2.24, 2.45) is 10.8 Å². The van der Waals surface area contributed by atoms with Gasteiger partial charge in [-0.2, -0.15) is 0 Å². The molecule has 5 amide bonds. The summed E-state index contributed by atoms with van der Waals surface area (Å²) >= 11 is 6.26. The number of ether oxygens (including phenoxy) is 2. The SMILES string of the molecule is [C-]#[N+]c1ccc(OC2C(C)(C)C(NC(=O)c3ccc(N4CCC(CN5Cc6cc7c(cc6C5)C(=O)N(C5CCC(=O)NC5=O)C7=O)(OC)CC4)cc3)C2(C)C)cc1Cl. The Hall–Kier alpha value is -5.29. The van der Waals surface area contributed by atoms with Crippen LogP contribution in [0.3, 0.4) is 0 Å². The fraction of sp³-hybridized carbons (Fsp3) is 0.455. The monoisotopic (exact) mass is 806 g/mol. The fourth-order valence-electron chi connectivity index (χ4n) is 10.2. The van der Waals surface area contributed by atoms with Gasteiger partial charge in [-0.3, -0.25) is 39.1 Å². The molecule has 0 radical (unpaired) electrons. The maximum Gasteiger partial charge on any atom is 0.262 e. The van der Waals surface area contributed by atoms with Crippen LogP contribution in [0.5, 0.6) is 5.75 Å². The smallest absolute Gasteiger partial charge is 0.262 e. The Labute approximate surface area is 342 Å². The number of halogens is 1. The summed E-state index contributed by atoms with van der Waals surface area (Å²) in [5.74, 6) is -1.56. The van der Waals surface area contributed by atoms with Crippen LogP contribution in [0.15, 0.2) is 54.6 Å². The summed E-state index contributed by atoms with van der Waals surface area (Å²) in [5, 5.41) is 5.86. The number of anilines is 1. The molecule has 8 rings (SSSR count). The van der Waals surface area contributed by atoms with Crippen molar-refractivity contribution in [2.75, 3.05) is 31.6 Å². The van der Waals surface area contributed by atoms with Gasteiger partial charge in [0.2, 0.25) is 17.5 Å². The lowest BCUT2D eigenvalue weighted by molar-refractivity contribution is -0.164. The maximum absolute atomic E-state index is 13.6. The molecule has 0 aromatic heterocycles. The van der Waals surface area contributed by atoms with Crippen LogP contribution in [0.1, 0.15) is 95.6 Å². The van der Waals surface area contributed by atoms with Gasteiger partial charge in [0, 0.05) is 74.4 Å². The van der Waals surface area contributed by atoms with Gasteiger partial charge in [-0.05, 0) is 78.9 Å². The fourth-order valence-corrected chi connectivity index (χ4v) is 10.4. The molecule has 13 nitrogen and oxygen atoms in total. The van der Waals surface area contributed by atoms with Crippen LogP contribution in [0.2, 0.25) is 5.02 Å². The van der Waals surface area contributed by atoms with Gasteiger partial charge in [-0.15, -0.1) is 0 Å². The molecule has 0 bridgehead atoms. The van der Waals surface area contributed by atoms with Crippen LogP contribution < -0.4 is 20.3 Å². The number of carbonyl (C=O) groups is 5. The number of nitrogens with zero attached hydrogens (tertiary/aromatic N) is 4. The van der Waals surface area contributed by atoms with E-state index in [-0.39, 0.29) is 47.3 Å². The highest BCUT2D eigenvalue weighted by Gasteiger charge is 2.64. The van der Waals surface area contributed by atoms with E-state index in [1.54, 1.807) is 37.4 Å². The van der Waals surface area contributed by atoms with Crippen molar-refractivity contribution < 1.29 is 33.4 Å². The van der Waals surface area contributed by atoms with E-state index in [2.05, 4.69) is 53.0 Å². The minimum absolute atomic E-state index is 0.0803. The molecular formula is C44H47ClN6O7. The van der Waals surface area contributed by atoms with E-state index in [1.807, 2.05) is 24.3 Å². The van der Waals surface area contributed by atoms with Gasteiger partial charge < -0.3 is 19.7 Å². The highest BCUT2D eigenvalue weighted by molar-refractivity contribution is 6.33. The van der Waals surface area contributed by atoms with Gasteiger partial charge in [0.1, 0.15) is 17.9 Å². The number of carbonyl (C=O) groups excluding carboxylic acids is 5. The summed E-state index contributed by atoms with van der Waals surface area (Å²) in [6.07, 6.45) is 1.59. The summed E-state index contributed by atoms with van der Waals surface area (Å²) in [4.78, 5) is 73.5. The number of fused-ring (bicyclic) bond motifs is 2. The van der Waals surface area contributed by atoms with Gasteiger partial charge in [-0.25, -0.2) is 4.85 Å². The van der Waals surface area contributed by atoms with E-state index in [4.69, 9.17) is 27.6 Å². The van der Waals surface area contributed by atoms with Crippen molar-refractivity contribution in [1.29, 1.82) is 0 Å². The Kier molecular flexibility index (Phi) is 9.89. The average Bonchev–Trinajstić information content (AvgIpc) is 3.70. The first-order chi connectivity index (χ1) is 27.5. The van der Waals surface area contributed by atoms with Crippen molar-refractivity contribution in [3.05, 3.63) is 98.9 Å². The molecule has 5 aliphatic rings. The predicted octanol–water partition coefficient (Wildman–Crippen LogP) is 5.91. The second-order valence-electron chi connectivity index (χ2n) is 17.5. The van der Waals surface area contributed by atoms with Crippen molar-refractivity contribution in [1.82, 2.24) is 20.4 Å². The number of hydrogen-bond donors (Lipinski definition) is 2. The maximum atomic E-state index is 13.6. The zero-order valence-electron chi connectivity index (χ0n) is 33.3. The van der Waals surface area contributed by atoms with Crippen LogP contribution in [0.4, 0.5) is 11.4 Å². The molecule has 14 heteroatoms. The van der Waals surface area contributed by atoms with Gasteiger partial charge in [0.05, 0.1) is 28.3 Å². The van der Waals surface area contributed by atoms with Crippen LogP contribution in [-0.4, -0.2) is 89.9 Å². The van der Waals surface area contributed by atoms with Crippen LogP contribution in [0, 0.1) is 17.4 Å².